The monoisotopic (exact) mass is 171 g/mol. The fourth-order valence-corrected chi connectivity index (χ4v) is 2.24. The van der Waals surface area contributed by atoms with Crippen LogP contribution in [-0.4, -0.2) is 29.3 Å². The minimum absolute atomic E-state index is 0.128. The molecule has 68 valence electrons. The molecule has 2 heterocycles. The molecular formula is C8H13NO3. The predicted octanol–water partition coefficient (Wildman–Crippen LogP) is -0.0342. The van der Waals surface area contributed by atoms with Crippen LogP contribution >= 0.6 is 0 Å². The molecule has 0 aromatic carbocycles. The van der Waals surface area contributed by atoms with Gasteiger partial charge in [0.15, 0.2) is 0 Å². The van der Waals surface area contributed by atoms with Crippen LogP contribution in [0.1, 0.15) is 19.3 Å². The van der Waals surface area contributed by atoms with Crippen LogP contribution in [0, 0.1) is 5.92 Å². The van der Waals surface area contributed by atoms with Gasteiger partial charge in [-0.25, -0.2) is 0 Å². The lowest BCUT2D eigenvalue weighted by Gasteiger charge is -2.31. The maximum atomic E-state index is 10.8. The topological polar surface area (TPSA) is 72.5 Å². The molecule has 4 unspecified atom stereocenters. The van der Waals surface area contributed by atoms with Crippen molar-refractivity contribution in [3.63, 3.8) is 0 Å². The maximum Gasteiger partial charge on any atom is 0.310 e. The molecule has 0 amide bonds. The molecular weight excluding hydrogens is 158 g/mol. The third kappa shape index (κ3) is 1.11. The number of carboxylic acids is 1. The molecule has 0 saturated carbocycles. The Kier molecular flexibility index (Phi) is 1.81. The predicted molar refractivity (Wildman–Crippen MR) is 41.6 cm³/mol. The molecule has 4 heteroatoms. The van der Waals surface area contributed by atoms with E-state index in [0.717, 1.165) is 12.8 Å². The van der Waals surface area contributed by atoms with E-state index in [0.29, 0.717) is 6.42 Å². The number of fused-ring (bicyclic) bond motifs is 2. The van der Waals surface area contributed by atoms with Crippen LogP contribution in [0.4, 0.5) is 0 Å². The Hall–Kier alpha value is -0.610. The number of hydrogen-bond donors (Lipinski definition) is 2. The smallest absolute Gasteiger partial charge is 0.310 e. The molecule has 4 atom stereocenters. The lowest BCUT2D eigenvalue weighted by Crippen LogP contribution is -2.47. The standard InChI is InChI=1S/C8H13NO3/c9-5-3-4-1-2-6(12-4)7(5)8(10)11/h4-7H,1-3,9H2,(H,10,11). The van der Waals surface area contributed by atoms with E-state index in [2.05, 4.69) is 0 Å². The number of ether oxygens (including phenoxy) is 1. The molecule has 12 heavy (non-hydrogen) atoms. The van der Waals surface area contributed by atoms with Gasteiger partial charge in [-0.05, 0) is 19.3 Å². The van der Waals surface area contributed by atoms with Gasteiger partial charge in [-0.15, -0.1) is 0 Å². The van der Waals surface area contributed by atoms with E-state index in [-0.39, 0.29) is 18.2 Å². The third-order valence-electron chi connectivity index (χ3n) is 2.82. The summed E-state index contributed by atoms with van der Waals surface area (Å²) in [6, 6.07) is -0.214. The van der Waals surface area contributed by atoms with Crippen LogP contribution in [-0.2, 0) is 9.53 Å². The Bertz CT molecular complexity index is 206. The van der Waals surface area contributed by atoms with Gasteiger partial charge in [0.2, 0.25) is 0 Å². The summed E-state index contributed by atoms with van der Waals surface area (Å²) in [6.07, 6.45) is 2.63. The highest BCUT2D eigenvalue weighted by Crippen LogP contribution is 2.35. The Morgan fingerprint density at radius 3 is 2.92 bits per heavy atom. The van der Waals surface area contributed by atoms with Gasteiger partial charge in [-0.3, -0.25) is 4.79 Å². The summed E-state index contributed by atoms with van der Waals surface area (Å²) < 4.78 is 5.48. The number of aliphatic carboxylic acids is 1. The summed E-state index contributed by atoms with van der Waals surface area (Å²) in [5.74, 6) is -1.29. The quantitative estimate of drug-likeness (QED) is 0.581. The zero-order valence-corrected chi connectivity index (χ0v) is 6.77. The number of carbonyl (C=O) groups is 1. The first-order chi connectivity index (χ1) is 5.68. The highest BCUT2D eigenvalue weighted by molar-refractivity contribution is 5.72. The second-order valence-corrected chi connectivity index (χ2v) is 3.64. The molecule has 2 aliphatic rings. The molecule has 0 aromatic heterocycles. The zero-order chi connectivity index (χ0) is 8.72. The Morgan fingerprint density at radius 2 is 2.25 bits per heavy atom. The Labute approximate surface area is 70.7 Å². The highest BCUT2D eigenvalue weighted by atomic mass is 16.5. The number of carboxylic acid groups (broad SMARTS) is 1. The molecule has 2 rings (SSSR count). The molecule has 0 aromatic rings. The SMILES string of the molecule is NC1CC2CCC(O2)C1C(=O)O. The largest absolute Gasteiger partial charge is 0.481 e. The van der Waals surface area contributed by atoms with Crippen LogP contribution in [0.5, 0.6) is 0 Å². The van der Waals surface area contributed by atoms with Gasteiger partial charge in [0, 0.05) is 6.04 Å². The molecule has 2 saturated heterocycles. The Balaban J connectivity index is 2.15. The number of nitrogens with two attached hydrogens (primary N) is 1. The summed E-state index contributed by atoms with van der Waals surface area (Å²) in [4.78, 5) is 10.8. The summed E-state index contributed by atoms with van der Waals surface area (Å²) in [5, 5.41) is 8.87. The van der Waals surface area contributed by atoms with Gasteiger partial charge < -0.3 is 15.6 Å². The van der Waals surface area contributed by atoms with E-state index in [1.54, 1.807) is 0 Å². The minimum Gasteiger partial charge on any atom is -0.481 e. The molecule has 4 nitrogen and oxygen atoms in total. The number of rotatable bonds is 1. The van der Waals surface area contributed by atoms with Crippen molar-refractivity contribution in [1.82, 2.24) is 0 Å². The summed E-state index contributed by atoms with van der Waals surface area (Å²) in [6.45, 7) is 0. The Morgan fingerprint density at radius 1 is 1.50 bits per heavy atom. The fourth-order valence-electron chi connectivity index (χ4n) is 2.24. The van der Waals surface area contributed by atoms with Crippen molar-refractivity contribution in [1.29, 1.82) is 0 Å². The van der Waals surface area contributed by atoms with Crippen molar-refractivity contribution in [3.05, 3.63) is 0 Å². The van der Waals surface area contributed by atoms with E-state index in [1.165, 1.54) is 0 Å². The van der Waals surface area contributed by atoms with Crippen LogP contribution in [0.3, 0.4) is 0 Å². The molecule has 0 radical (unpaired) electrons. The van der Waals surface area contributed by atoms with Gasteiger partial charge >= 0.3 is 5.97 Å². The van der Waals surface area contributed by atoms with E-state index in [4.69, 9.17) is 15.6 Å². The third-order valence-corrected chi connectivity index (χ3v) is 2.82. The first kappa shape index (κ1) is 8.01. The summed E-state index contributed by atoms with van der Waals surface area (Å²) in [5.41, 5.74) is 5.74. The van der Waals surface area contributed by atoms with Gasteiger partial charge in [0.1, 0.15) is 0 Å². The van der Waals surface area contributed by atoms with Crippen molar-refractivity contribution in [2.24, 2.45) is 11.7 Å². The highest BCUT2D eigenvalue weighted by Gasteiger charge is 2.45. The first-order valence-corrected chi connectivity index (χ1v) is 4.32. The second kappa shape index (κ2) is 2.71. The van der Waals surface area contributed by atoms with Crippen molar-refractivity contribution in [2.45, 2.75) is 37.5 Å². The average molecular weight is 171 g/mol. The number of hydrogen-bond acceptors (Lipinski definition) is 3. The molecule has 0 aliphatic carbocycles. The van der Waals surface area contributed by atoms with Gasteiger partial charge in [-0.2, -0.15) is 0 Å². The van der Waals surface area contributed by atoms with E-state index in [1.807, 2.05) is 0 Å². The van der Waals surface area contributed by atoms with Crippen molar-refractivity contribution < 1.29 is 14.6 Å². The summed E-state index contributed by atoms with van der Waals surface area (Å²) >= 11 is 0. The van der Waals surface area contributed by atoms with E-state index in [9.17, 15) is 4.79 Å². The first-order valence-electron chi connectivity index (χ1n) is 4.32. The minimum atomic E-state index is -0.812. The second-order valence-electron chi connectivity index (χ2n) is 3.64. The van der Waals surface area contributed by atoms with Crippen LogP contribution < -0.4 is 5.73 Å². The van der Waals surface area contributed by atoms with Gasteiger partial charge in [-0.1, -0.05) is 0 Å². The fraction of sp³-hybridized carbons (Fsp3) is 0.875. The van der Waals surface area contributed by atoms with Gasteiger partial charge in [0.25, 0.3) is 0 Å². The van der Waals surface area contributed by atoms with Crippen LogP contribution in [0.25, 0.3) is 0 Å². The molecule has 2 fully saturated rings. The van der Waals surface area contributed by atoms with Crippen molar-refractivity contribution >= 4 is 5.97 Å². The van der Waals surface area contributed by atoms with E-state index >= 15 is 0 Å². The lowest BCUT2D eigenvalue weighted by atomic mass is 9.91. The van der Waals surface area contributed by atoms with Crippen LogP contribution in [0.15, 0.2) is 0 Å². The summed E-state index contributed by atoms with van der Waals surface area (Å²) in [7, 11) is 0. The molecule has 0 spiro atoms. The average Bonchev–Trinajstić information content (AvgIpc) is 2.31. The van der Waals surface area contributed by atoms with Crippen molar-refractivity contribution in [2.75, 3.05) is 0 Å². The van der Waals surface area contributed by atoms with Gasteiger partial charge in [0.05, 0.1) is 18.1 Å². The lowest BCUT2D eigenvalue weighted by molar-refractivity contribution is -0.152. The zero-order valence-electron chi connectivity index (χ0n) is 6.77. The maximum absolute atomic E-state index is 10.8. The molecule has 2 aliphatic heterocycles. The van der Waals surface area contributed by atoms with Crippen molar-refractivity contribution in [3.8, 4) is 0 Å². The molecule has 2 bridgehead atoms. The van der Waals surface area contributed by atoms with E-state index < -0.39 is 11.9 Å². The molecule has 3 N–H and O–H groups in total. The van der Waals surface area contributed by atoms with Crippen LogP contribution in [0.2, 0.25) is 0 Å². The normalized spacial score (nSPS) is 46.1.